The van der Waals surface area contributed by atoms with E-state index in [0.717, 1.165) is 11.3 Å². The summed E-state index contributed by atoms with van der Waals surface area (Å²) < 4.78 is 11.0. The number of aromatic nitrogens is 2. The van der Waals surface area contributed by atoms with Gasteiger partial charge in [-0.3, -0.25) is 4.79 Å². The number of nitrogens with one attached hydrogen (secondary N) is 1. The molecule has 0 radical (unpaired) electrons. The van der Waals surface area contributed by atoms with Crippen molar-refractivity contribution in [3.05, 3.63) is 38.7 Å². The van der Waals surface area contributed by atoms with Crippen LogP contribution in [0.3, 0.4) is 0 Å². The van der Waals surface area contributed by atoms with Crippen molar-refractivity contribution in [3.63, 3.8) is 0 Å². The Kier molecular flexibility index (Phi) is 4.67. The maximum absolute atomic E-state index is 12.0. The molecule has 0 aliphatic rings. The molecule has 112 valence electrons. The lowest BCUT2D eigenvalue weighted by Gasteiger charge is -2.11. The summed E-state index contributed by atoms with van der Waals surface area (Å²) in [6, 6.07) is 5.38. The van der Waals surface area contributed by atoms with E-state index in [9.17, 15) is 4.79 Å². The third-order valence-electron chi connectivity index (χ3n) is 3.06. The Balaban J connectivity index is 2.64. The summed E-state index contributed by atoms with van der Waals surface area (Å²) in [6.45, 7) is 3.98. The minimum atomic E-state index is -0.203. The molecule has 0 unspecified atom stereocenters. The van der Waals surface area contributed by atoms with E-state index in [1.807, 2.05) is 13.8 Å². The summed E-state index contributed by atoms with van der Waals surface area (Å²) >= 11 is 3.29. The van der Waals surface area contributed by atoms with Crippen LogP contribution in [0.25, 0.3) is 11.4 Å². The molecule has 21 heavy (non-hydrogen) atoms. The van der Waals surface area contributed by atoms with E-state index in [4.69, 9.17) is 9.47 Å². The molecule has 1 heterocycles. The van der Waals surface area contributed by atoms with Crippen molar-refractivity contribution < 1.29 is 9.47 Å². The van der Waals surface area contributed by atoms with Crippen molar-refractivity contribution in [2.24, 2.45) is 0 Å². The van der Waals surface area contributed by atoms with Gasteiger partial charge in [0.1, 0.15) is 21.8 Å². The van der Waals surface area contributed by atoms with Gasteiger partial charge < -0.3 is 14.5 Å². The lowest BCUT2D eigenvalue weighted by atomic mass is 10.1. The average molecular weight is 353 g/mol. The van der Waals surface area contributed by atoms with Crippen LogP contribution in [0, 0.1) is 0 Å². The lowest BCUT2D eigenvalue weighted by molar-refractivity contribution is 0.394. The number of aromatic amines is 1. The Labute approximate surface area is 131 Å². The molecule has 0 aliphatic carbocycles. The smallest absolute Gasteiger partial charge is 0.265 e. The van der Waals surface area contributed by atoms with Crippen molar-refractivity contribution in [1.82, 2.24) is 9.97 Å². The number of methoxy groups -OCH3 is 2. The monoisotopic (exact) mass is 352 g/mol. The van der Waals surface area contributed by atoms with Gasteiger partial charge in [-0.2, -0.15) is 0 Å². The van der Waals surface area contributed by atoms with E-state index in [-0.39, 0.29) is 11.5 Å². The van der Waals surface area contributed by atoms with Gasteiger partial charge in [-0.15, -0.1) is 0 Å². The first-order valence-electron chi connectivity index (χ1n) is 6.49. The van der Waals surface area contributed by atoms with Gasteiger partial charge in [-0.1, -0.05) is 13.8 Å². The molecule has 1 aromatic carbocycles. The number of hydrogen-bond donors (Lipinski definition) is 1. The maximum Gasteiger partial charge on any atom is 0.265 e. The second-order valence-corrected chi connectivity index (χ2v) is 5.66. The lowest BCUT2D eigenvalue weighted by Crippen LogP contribution is -2.14. The zero-order valence-corrected chi connectivity index (χ0v) is 13.9. The summed E-state index contributed by atoms with van der Waals surface area (Å²) in [7, 11) is 3.16. The Morgan fingerprint density at radius 1 is 1.14 bits per heavy atom. The van der Waals surface area contributed by atoms with Crippen LogP contribution < -0.4 is 15.0 Å². The van der Waals surface area contributed by atoms with Crippen LogP contribution in [0.1, 0.15) is 25.5 Å². The van der Waals surface area contributed by atoms with Crippen LogP contribution in [0.2, 0.25) is 0 Å². The SMILES string of the molecule is COc1cc(OC)cc(-c2nc(C(C)C)c(Br)c(=O)[nH]2)c1. The number of H-pyrrole nitrogens is 1. The fourth-order valence-electron chi connectivity index (χ4n) is 1.94. The van der Waals surface area contributed by atoms with E-state index in [0.29, 0.717) is 21.8 Å². The van der Waals surface area contributed by atoms with Crippen molar-refractivity contribution in [2.45, 2.75) is 19.8 Å². The molecule has 5 nitrogen and oxygen atoms in total. The van der Waals surface area contributed by atoms with Crippen LogP contribution in [0.5, 0.6) is 11.5 Å². The third kappa shape index (κ3) is 3.26. The molecular weight excluding hydrogens is 336 g/mol. The standard InChI is InChI=1S/C15H17BrN2O3/c1-8(2)13-12(16)15(19)18-14(17-13)9-5-10(20-3)7-11(6-9)21-4/h5-8H,1-4H3,(H,17,18,19). The van der Waals surface area contributed by atoms with E-state index < -0.39 is 0 Å². The van der Waals surface area contributed by atoms with Gasteiger partial charge in [0, 0.05) is 11.6 Å². The number of rotatable bonds is 4. The first-order chi connectivity index (χ1) is 9.96. The number of halogens is 1. The molecule has 6 heteroatoms. The zero-order valence-electron chi connectivity index (χ0n) is 12.4. The number of ether oxygens (including phenoxy) is 2. The van der Waals surface area contributed by atoms with E-state index in [2.05, 4.69) is 25.9 Å². The van der Waals surface area contributed by atoms with Gasteiger partial charge in [0.05, 0.1) is 19.9 Å². The Bertz CT molecular complexity index is 688. The van der Waals surface area contributed by atoms with Gasteiger partial charge in [0.15, 0.2) is 0 Å². The van der Waals surface area contributed by atoms with Crippen LogP contribution in [-0.4, -0.2) is 24.2 Å². The number of nitrogens with zero attached hydrogens (tertiary/aromatic N) is 1. The molecule has 1 N–H and O–H groups in total. The Morgan fingerprint density at radius 2 is 1.71 bits per heavy atom. The highest BCUT2D eigenvalue weighted by Crippen LogP contribution is 2.29. The predicted octanol–water partition coefficient (Wildman–Crippen LogP) is 3.34. The summed E-state index contributed by atoms with van der Waals surface area (Å²) in [5.74, 6) is 1.90. The van der Waals surface area contributed by atoms with Crippen molar-refractivity contribution in [2.75, 3.05) is 14.2 Å². The van der Waals surface area contributed by atoms with E-state index in [1.54, 1.807) is 32.4 Å². The number of hydrogen-bond acceptors (Lipinski definition) is 4. The molecule has 0 bridgehead atoms. The van der Waals surface area contributed by atoms with Gasteiger partial charge >= 0.3 is 0 Å². The van der Waals surface area contributed by atoms with Crippen LogP contribution in [0.4, 0.5) is 0 Å². The quantitative estimate of drug-likeness (QED) is 0.916. The fourth-order valence-corrected chi connectivity index (χ4v) is 2.59. The highest BCUT2D eigenvalue weighted by Gasteiger charge is 2.14. The molecule has 0 saturated heterocycles. The molecule has 0 amide bonds. The molecular formula is C15H17BrN2O3. The maximum atomic E-state index is 12.0. The minimum absolute atomic E-state index is 0.132. The normalized spacial score (nSPS) is 10.8. The summed E-state index contributed by atoms with van der Waals surface area (Å²) in [4.78, 5) is 19.3. The molecule has 2 rings (SSSR count). The van der Waals surface area contributed by atoms with Crippen molar-refractivity contribution in [3.8, 4) is 22.9 Å². The fraction of sp³-hybridized carbons (Fsp3) is 0.333. The van der Waals surface area contributed by atoms with Crippen LogP contribution >= 0.6 is 15.9 Å². The summed E-state index contributed by atoms with van der Waals surface area (Å²) in [5, 5.41) is 0. The predicted molar refractivity (Wildman–Crippen MR) is 85.2 cm³/mol. The third-order valence-corrected chi connectivity index (χ3v) is 3.83. The minimum Gasteiger partial charge on any atom is -0.497 e. The van der Waals surface area contributed by atoms with Gasteiger partial charge in [0.2, 0.25) is 0 Å². The van der Waals surface area contributed by atoms with Crippen LogP contribution in [0.15, 0.2) is 27.5 Å². The Hall–Kier alpha value is -1.82. The zero-order chi connectivity index (χ0) is 15.6. The number of benzene rings is 1. The topological polar surface area (TPSA) is 64.2 Å². The first kappa shape index (κ1) is 15.6. The molecule has 2 aromatic rings. The average Bonchev–Trinajstić information content (AvgIpc) is 2.48. The van der Waals surface area contributed by atoms with Crippen molar-refractivity contribution >= 4 is 15.9 Å². The summed E-state index contributed by atoms with van der Waals surface area (Å²) in [6.07, 6.45) is 0. The van der Waals surface area contributed by atoms with Crippen LogP contribution in [-0.2, 0) is 0 Å². The summed E-state index contributed by atoms with van der Waals surface area (Å²) in [5.41, 5.74) is 1.25. The highest BCUT2D eigenvalue weighted by molar-refractivity contribution is 9.10. The largest absolute Gasteiger partial charge is 0.497 e. The molecule has 0 spiro atoms. The molecule has 1 aromatic heterocycles. The first-order valence-corrected chi connectivity index (χ1v) is 7.28. The van der Waals surface area contributed by atoms with Gasteiger partial charge in [0.25, 0.3) is 5.56 Å². The van der Waals surface area contributed by atoms with Crippen molar-refractivity contribution in [1.29, 1.82) is 0 Å². The Morgan fingerprint density at radius 3 is 2.19 bits per heavy atom. The molecule has 0 aliphatic heterocycles. The second-order valence-electron chi connectivity index (χ2n) is 4.87. The molecule has 0 saturated carbocycles. The second kappa shape index (κ2) is 6.30. The molecule has 0 fully saturated rings. The molecule has 0 atom stereocenters. The van der Waals surface area contributed by atoms with Gasteiger partial charge in [-0.25, -0.2) is 4.98 Å². The highest BCUT2D eigenvalue weighted by atomic mass is 79.9. The van der Waals surface area contributed by atoms with Gasteiger partial charge in [-0.05, 0) is 34.0 Å². The van der Waals surface area contributed by atoms with E-state index in [1.165, 1.54) is 0 Å². The van der Waals surface area contributed by atoms with E-state index >= 15 is 0 Å².